The molecule has 0 amide bonds. The van der Waals surface area contributed by atoms with E-state index in [1.165, 1.54) is 30.3 Å². The summed E-state index contributed by atoms with van der Waals surface area (Å²) >= 11 is 0. The second kappa shape index (κ2) is 4.49. The molecule has 0 unspecified atom stereocenters. The molecular weight excluding hydrogens is 259 g/mol. The van der Waals surface area contributed by atoms with Crippen LogP contribution in [0.2, 0.25) is 0 Å². The third kappa shape index (κ3) is 1.95. The summed E-state index contributed by atoms with van der Waals surface area (Å²) in [7, 11) is 0. The Morgan fingerprint density at radius 1 is 1.10 bits per heavy atom. The lowest BCUT2D eigenvalue weighted by molar-refractivity contribution is 0.475. The predicted octanol–water partition coefficient (Wildman–Crippen LogP) is 3.61. The molecule has 3 nitrogen and oxygen atoms in total. The largest absolute Gasteiger partial charge is 0.508 e. The molecule has 0 radical (unpaired) electrons. The van der Waals surface area contributed by atoms with Crippen molar-refractivity contribution >= 4 is 11.0 Å². The number of fused-ring (bicyclic) bond motifs is 1. The number of phenols is 1. The molecule has 0 saturated carbocycles. The molecule has 1 N–H and O–H groups in total. The van der Waals surface area contributed by atoms with Gasteiger partial charge in [-0.25, -0.2) is 9.18 Å². The van der Waals surface area contributed by atoms with Crippen LogP contribution in [0.4, 0.5) is 4.39 Å². The first-order valence-electron chi connectivity index (χ1n) is 6.08. The van der Waals surface area contributed by atoms with Crippen molar-refractivity contribution in [2.24, 2.45) is 0 Å². The maximum absolute atomic E-state index is 13.4. The van der Waals surface area contributed by atoms with E-state index in [2.05, 4.69) is 0 Å². The van der Waals surface area contributed by atoms with Gasteiger partial charge < -0.3 is 9.52 Å². The van der Waals surface area contributed by atoms with Gasteiger partial charge in [0.1, 0.15) is 17.1 Å². The molecule has 4 heteroatoms. The molecule has 0 atom stereocenters. The summed E-state index contributed by atoms with van der Waals surface area (Å²) in [6.45, 7) is 1.75. The molecule has 0 spiro atoms. The van der Waals surface area contributed by atoms with Crippen LogP contribution in [0.25, 0.3) is 22.1 Å². The van der Waals surface area contributed by atoms with Crippen molar-refractivity contribution in [1.29, 1.82) is 0 Å². The average Bonchev–Trinajstić information content (AvgIpc) is 2.42. The zero-order valence-corrected chi connectivity index (χ0v) is 10.7. The lowest BCUT2D eigenvalue weighted by atomic mass is 9.99. The fourth-order valence-electron chi connectivity index (χ4n) is 2.29. The summed E-state index contributed by atoms with van der Waals surface area (Å²) in [5.74, 6) is -0.270. The van der Waals surface area contributed by atoms with Crippen LogP contribution >= 0.6 is 0 Å². The van der Waals surface area contributed by atoms with Crippen LogP contribution in [0.3, 0.4) is 0 Å². The highest BCUT2D eigenvalue weighted by atomic mass is 19.1. The summed E-state index contributed by atoms with van der Waals surface area (Å²) in [5, 5.41) is 9.86. The topological polar surface area (TPSA) is 50.4 Å². The van der Waals surface area contributed by atoms with Crippen molar-refractivity contribution < 1.29 is 13.9 Å². The summed E-state index contributed by atoms with van der Waals surface area (Å²) in [5.41, 5.74) is 1.54. The molecule has 2 aromatic carbocycles. The zero-order chi connectivity index (χ0) is 14.3. The first-order chi connectivity index (χ1) is 9.56. The molecule has 20 heavy (non-hydrogen) atoms. The van der Waals surface area contributed by atoms with E-state index in [0.717, 1.165) is 0 Å². The number of rotatable bonds is 1. The Kier molecular flexibility index (Phi) is 2.79. The van der Waals surface area contributed by atoms with Gasteiger partial charge in [-0.15, -0.1) is 0 Å². The van der Waals surface area contributed by atoms with Crippen LogP contribution in [0.5, 0.6) is 5.75 Å². The first kappa shape index (κ1) is 12.4. The quantitative estimate of drug-likeness (QED) is 0.687. The van der Waals surface area contributed by atoms with Crippen molar-refractivity contribution in [3.8, 4) is 16.9 Å². The normalized spacial score (nSPS) is 10.9. The molecule has 0 aliphatic carbocycles. The summed E-state index contributed by atoms with van der Waals surface area (Å²) < 4.78 is 18.6. The number of aromatic hydroxyl groups is 1. The molecule has 100 valence electrons. The average molecular weight is 270 g/mol. The van der Waals surface area contributed by atoms with Crippen molar-refractivity contribution in [2.75, 3.05) is 0 Å². The number of hydrogen-bond acceptors (Lipinski definition) is 3. The van der Waals surface area contributed by atoms with E-state index in [0.29, 0.717) is 27.7 Å². The highest BCUT2D eigenvalue weighted by Gasteiger charge is 2.13. The third-order valence-electron chi connectivity index (χ3n) is 3.28. The first-order valence-corrected chi connectivity index (χ1v) is 6.08. The molecular formula is C16H11FO3. The molecule has 0 bridgehead atoms. The minimum Gasteiger partial charge on any atom is -0.508 e. The minimum atomic E-state index is -0.479. The van der Waals surface area contributed by atoms with Gasteiger partial charge in [0.2, 0.25) is 0 Å². The SMILES string of the molecule is Cc1c(-c2ccc(O)cc2)c(=O)oc2ccc(F)cc12. The van der Waals surface area contributed by atoms with Gasteiger partial charge in [-0.3, -0.25) is 0 Å². The van der Waals surface area contributed by atoms with Crippen LogP contribution < -0.4 is 5.63 Å². The fourth-order valence-corrected chi connectivity index (χ4v) is 2.29. The van der Waals surface area contributed by atoms with Crippen LogP contribution in [-0.2, 0) is 0 Å². The number of phenolic OH excluding ortho intramolecular Hbond substituents is 1. The molecule has 0 fully saturated rings. The van der Waals surface area contributed by atoms with E-state index in [4.69, 9.17) is 4.42 Å². The Morgan fingerprint density at radius 3 is 2.50 bits per heavy atom. The summed E-state index contributed by atoms with van der Waals surface area (Å²) in [4.78, 5) is 12.1. The third-order valence-corrected chi connectivity index (χ3v) is 3.28. The summed E-state index contributed by atoms with van der Waals surface area (Å²) in [6.07, 6.45) is 0. The van der Waals surface area contributed by atoms with Crippen LogP contribution in [-0.4, -0.2) is 5.11 Å². The molecule has 3 rings (SSSR count). The lowest BCUT2D eigenvalue weighted by Crippen LogP contribution is -2.06. The van der Waals surface area contributed by atoms with Crippen molar-refractivity contribution in [2.45, 2.75) is 6.92 Å². The molecule has 1 heterocycles. The maximum Gasteiger partial charge on any atom is 0.344 e. The van der Waals surface area contributed by atoms with Gasteiger partial charge in [0, 0.05) is 5.39 Å². The molecule has 0 aliphatic rings. The van der Waals surface area contributed by atoms with Crippen molar-refractivity contribution in [3.05, 3.63) is 64.3 Å². The standard InChI is InChI=1S/C16H11FO3/c1-9-13-8-11(17)4-7-14(13)20-16(19)15(9)10-2-5-12(18)6-3-10/h2-8,18H,1H3. The molecule has 3 aromatic rings. The fraction of sp³-hybridized carbons (Fsp3) is 0.0625. The highest BCUT2D eigenvalue weighted by Crippen LogP contribution is 2.27. The van der Waals surface area contributed by atoms with E-state index in [1.807, 2.05) is 0 Å². The number of aryl methyl sites for hydroxylation is 1. The Balaban J connectivity index is 2.35. The molecule has 0 saturated heterocycles. The minimum absolute atomic E-state index is 0.114. The van der Waals surface area contributed by atoms with Crippen molar-refractivity contribution in [3.63, 3.8) is 0 Å². The van der Waals surface area contributed by atoms with E-state index in [1.54, 1.807) is 19.1 Å². The Hall–Kier alpha value is -2.62. The van der Waals surface area contributed by atoms with Gasteiger partial charge in [-0.1, -0.05) is 12.1 Å². The monoisotopic (exact) mass is 270 g/mol. The summed E-state index contributed by atoms with van der Waals surface area (Å²) in [6, 6.07) is 10.3. The number of hydrogen-bond donors (Lipinski definition) is 1. The zero-order valence-electron chi connectivity index (χ0n) is 10.7. The maximum atomic E-state index is 13.4. The van der Waals surface area contributed by atoms with Gasteiger partial charge in [0.05, 0.1) is 5.56 Å². The highest BCUT2D eigenvalue weighted by molar-refractivity contribution is 5.86. The van der Waals surface area contributed by atoms with Gasteiger partial charge in [-0.2, -0.15) is 0 Å². The Morgan fingerprint density at radius 2 is 1.80 bits per heavy atom. The van der Waals surface area contributed by atoms with Crippen molar-refractivity contribution in [1.82, 2.24) is 0 Å². The smallest absolute Gasteiger partial charge is 0.344 e. The Bertz CT molecular complexity index is 848. The van der Waals surface area contributed by atoms with Crippen LogP contribution in [0.1, 0.15) is 5.56 Å². The lowest BCUT2D eigenvalue weighted by Gasteiger charge is -2.08. The second-order valence-corrected chi connectivity index (χ2v) is 4.58. The van der Waals surface area contributed by atoms with Gasteiger partial charge in [0.15, 0.2) is 0 Å². The van der Waals surface area contributed by atoms with E-state index < -0.39 is 5.63 Å². The number of benzene rings is 2. The number of halogens is 1. The van der Waals surface area contributed by atoms with Gasteiger partial charge >= 0.3 is 5.63 Å². The van der Waals surface area contributed by atoms with Crippen LogP contribution in [0, 0.1) is 12.7 Å². The molecule has 1 aromatic heterocycles. The molecule has 0 aliphatic heterocycles. The van der Waals surface area contributed by atoms with E-state index >= 15 is 0 Å². The van der Waals surface area contributed by atoms with Gasteiger partial charge in [-0.05, 0) is 48.4 Å². The van der Waals surface area contributed by atoms with E-state index in [9.17, 15) is 14.3 Å². The van der Waals surface area contributed by atoms with Crippen LogP contribution in [0.15, 0.2) is 51.7 Å². The Labute approximate surface area is 113 Å². The van der Waals surface area contributed by atoms with Gasteiger partial charge in [0.25, 0.3) is 0 Å². The van der Waals surface area contributed by atoms with E-state index in [-0.39, 0.29) is 11.6 Å². The predicted molar refractivity (Wildman–Crippen MR) is 74.3 cm³/mol. The second-order valence-electron chi connectivity index (χ2n) is 4.58.